The minimum Gasteiger partial charge on any atom is -0.462 e. The van der Waals surface area contributed by atoms with Crippen LogP contribution in [0.2, 0.25) is 0 Å². The van der Waals surface area contributed by atoms with Crippen LogP contribution in [0.5, 0.6) is 0 Å². The lowest BCUT2D eigenvalue weighted by atomic mass is 10.2. The molecular formula is C17H16O4. The van der Waals surface area contributed by atoms with Crippen LogP contribution in [-0.4, -0.2) is 25.2 Å². The normalized spacial score (nSPS) is 9.90. The molecular weight excluding hydrogens is 268 g/mol. The second kappa shape index (κ2) is 7.85. The summed E-state index contributed by atoms with van der Waals surface area (Å²) in [5.74, 6) is -0.758. The van der Waals surface area contributed by atoms with Gasteiger partial charge in [0, 0.05) is 0 Å². The molecule has 2 aromatic rings. The van der Waals surface area contributed by atoms with Crippen molar-refractivity contribution in [3.8, 4) is 0 Å². The third-order valence-corrected chi connectivity index (χ3v) is 2.78. The molecule has 0 N–H and O–H groups in total. The molecule has 0 saturated carbocycles. The standard InChI is InChI=1S/C17H16O4/c18-16(13-14-7-3-1-4-8-14)20-11-12-21-17(19)15-9-5-2-6-10-15/h1-10H,11-13H2. The van der Waals surface area contributed by atoms with Crippen molar-refractivity contribution >= 4 is 11.9 Å². The van der Waals surface area contributed by atoms with E-state index in [0.717, 1.165) is 5.56 Å². The summed E-state index contributed by atoms with van der Waals surface area (Å²) >= 11 is 0. The van der Waals surface area contributed by atoms with Crippen molar-refractivity contribution in [2.75, 3.05) is 13.2 Å². The first kappa shape index (κ1) is 14.8. The quantitative estimate of drug-likeness (QED) is 0.604. The first-order valence-corrected chi connectivity index (χ1v) is 6.67. The van der Waals surface area contributed by atoms with E-state index in [4.69, 9.17) is 9.47 Å². The molecule has 0 amide bonds. The maximum atomic E-state index is 11.6. The minimum absolute atomic E-state index is 0.0499. The van der Waals surface area contributed by atoms with Crippen molar-refractivity contribution in [2.45, 2.75) is 6.42 Å². The lowest BCUT2D eigenvalue weighted by Crippen LogP contribution is -2.15. The highest BCUT2D eigenvalue weighted by atomic mass is 16.6. The van der Waals surface area contributed by atoms with E-state index in [2.05, 4.69) is 0 Å². The van der Waals surface area contributed by atoms with E-state index in [9.17, 15) is 9.59 Å². The van der Waals surface area contributed by atoms with Gasteiger partial charge < -0.3 is 9.47 Å². The summed E-state index contributed by atoms with van der Waals surface area (Å²) in [6.45, 7) is 0.110. The number of ether oxygens (including phenoxy) is 2. The van der Waals surface area contributed by atoms with Crippen LogP contribution in [0.1, 0.15) is 15.9 Å². The molecule has 0 bridgehead atoms. The number of carbonyl (C=O) groups excluding carboxylic acids is 2. The Hall–Kier alpha value is -2.62. The molecule has 4 nitrogen and oxygen atoms in total. The van der Waals surface area contributed by atoms with Gasteiger partial charge in [-0.15, -0.1) is 0 Å². The molecule has 0 unspecified atom stereocenters. The number of hydrogen-bond acceptors (Lipinski definition) is 4. The van der Waals surface area contributed by atoms with Gasteiger partial charge in [-0.25, -0.2) is 4.79 Å². The van der Waals surface area contributed by atoms with Crippen molar-refractivity contribution < 1.29 is 19.1 Å². The number of carbonyl (C=O) groups is 2. The highest BCUT2D eigenvalue weighted by Gasteiger charge is 2.07. The maximum absolute atomic E-state index is 11.6. The van der Waals surface area contributed by atoms with Crippen LogP contribution >= 0.6 is 0 Å². The monoisotopic (exact) mass is 284 g/mol. The third kappa shape index (κ3) is 5.10. The second-order valence-corrected chi connectivity index (χ2v) is 4.38. The van der Waals surface area contributed by atoms with Crippen LogP contribution in [0.25, 0.3) is 0 Å². The average Bonchev–Trinajstić information content (AvgIpc) is 2.53. The molecule has 0 aliphatic carbocycles. The van der Waals surface area contributed by atoms with E-state index in [1.807, 2.05) is 36.4 Å². The van der Waals surface area contributed by atoms with Crippen molar-refractivity contribution in [1.29, 1.82) is 0 Å². The van der Waals surface area contributed by atoms with Gasteiger partial charge in [0.25, 0.3) is 0 Å². The Bertz CT molecular complexity index is 578. The number of esters is 2. The first-order valence-electron chi connectivity index (χ1n) is 6.67. The lowest BCUT2D eigenvalue weighted by Gasteiger charge is -2.06. The molecule has 0 aliphatic heterocycles. The SMILES string of the molecule is O=C(Cc1ccccc1)OCCOC(=O)c1ccccc1. The van der Waals surface area contributed by atoms with E-state index in [0.29, 0.717) is 5.56 Å². The third-order valence-electron chi connectivity index (χ3n) is 2.78. The van der Waals surface area contributed by atoms with Crippen molar-refractivity contribution in [2.24, 2.45) is 0 Å². The number of hydrogen-bond donors (Lipinski definition) is 0. The van der Waals surface area contributed by atoms with Gasteiger partial charge in [-0.05, 0) is 17.7 Å². The zero-order valence-corrected chi connectivity index (χ0v) is 11.5. The molecule has 0 fully saturated rings. The summed E-state index contributed by atoms with van der Waals surface area (Å²) in [5, 5.41) is 0. The van der Waals surface area contributed by atoms with Gasteiger partial charge in [-0.2, -0.15) is 0 Å². The van der Waals surface area contributed by atoms with E-state index in [1.165, 1.54) is 0 Å². The molecule has 0 radical (unpaired) electrons. The Kier molecular flexibility index (Phi) is 5.52. The fourth-order valence-corrected chi connectivity index (χ4v) is 1.76. The summed E-state index contributed by atoms with van der Waals surface area (Å²) in [4.78, 5) is 23.2. The smallest absolute Gasteiger partial charge is 0.338 e. The highest BCUT2D eigenvalue weighted by molar-refractivity contribution is 5.89. The molecule has 21 heavy (non-hydrogen) atoms. The Morgan fingerprint density at radius 3 is 2.00 bits per heavy atom. The Morgan fingerprint density at radius 2 is 1.33 bits per heavy atom. The van der Waals surface area contributed by atoms with Gasteiger partial charge in [-0.1, -0.05) is 48.5 Å². The van der Waals surface area contributed by atoms with Gasteiger partial charge in [0.1, 0.15) is 13.2 Å². The molecule has 0 aliphatic rings. The largest absolute Gasteiger partial charge is 0.462 e. The Labute approximate surface area is 123 Å². The molecule has 0 aromatic heterocycles. The number of benzene rings is 2. The van der Waals surface area contributed by atoms with Crippen LogP contribution in [0.4, 0.5) is 0 Å². The number of rotatable bonds is 6. The summed E-state index contributed by atoms with van der Waals surface area (Å²) in [5.41, 5.74) is 1.37. The zero-order valence-electron chi connectivity index (χ0n) is 11.5. The lowest BCUT2D eigenvalue weighted by molar-refractivity contribution is -0.143. The molecule has 0 saturated heterocycles. The second-order valence-electron chi connectivity index (χ2n) is 4.38. The molecule has 0 heterocycles. The molecule has 2 rings (SSSR count). The van der Waals surface area contributed by atoms with Crippen LogP contribution in [0.3, 0.4) is 0 Å². The maximum Gasteiger partial charge on any atom is 0.338 e. The van der Waals surface area contributed by atoms with Gasteiger partial charge in [-0.3, -0.25) is 4.79 Å². The van der Waals surface area contributed by atoms with Crippen LogP contribution < -0.4 is 0 Å². The average molecular weight is 284 g/mol. The zero-order chi connectivity index (χ0) is 14.9. The van der Waals surface area contributed by atoms with Gasteiger partial charge >= 0.3 is 11.9 Å². The van der Waals surface area contributed by atoms with E-state index in [-0.39, 0.29) is 25.6 Å². The van der Waals surface area contributed by atoms with E-state index < -0.39 is 5.97 Å². The highest BCUT2D eigenvalue weighted by Crippen LogP contribution is 2.02. The fourth-order valence-electron chi connectivity index (χ4n) is 1.76. The van der Waals surface area contributed by atoms with E-state index in [1.54, 1.807) is 24.3 Å². The topological polar surface area (TPSA) is 52.6 Å². The summed E-state index contributed by atoms with van der Waals surface area (Å²) in [6.07, 6.45) is 0.216. The van der Waals surface area contributed by atoms with Crippen LogP contribution in [-0.2, 0) is 20.7 Å². The predicted molar refractivity (Wildman–Crippen MR) is 77.8 cm³/mol. The van der Waals surface area contributed by atoms with Crippen molar-refractivity contribution in [3.63, 3.8) is 0 Å². The van der Waals surface area contributed by atoms with Gasteiger partial charge in [0.2, 0.25) is 0 Å². The van der Waals surface area contributed by atoms with Crippen molar-refractivity contribution in [3.05, 3.63) is 71.8 Å². The van der Waals surface area contributed by atoms with Crippen LogP contribution in [0.15, 0.2) is 60.7 Å². The summed E-state index contributed by atoms with van der Waals surface area (Å²) < 4.78 is 10.0. The minimum atomic E-state index is -0.422. The summed E-state index contributed by atoms with van der Waals surface area (Å²) in [6, 6.07) is 18.0. The van der Waals surface area contributed by atoms with Gasteiger partial charge in [0.05, 0.1) is 12.0 Å². The van der Waals surface area contributed by atoms with Crippen LogP contribution in [0, 0.1) is 0 Å². The van der Waals surface area contributed by atoms with Gasteiger partial charge in [0.15, 0.2) is 0 Å². The molecule has 2 aromatic carbocycles. The fraction of sp³-hybridized carbons (Fsp3) is 0.176. The first-order chi connectivity index (χ1) is 10.3. The molecule has 0 atom stereocenters. The van der Waals surface area contributed by atoms with Crippen molar-refractivity contribution in [1.82, 2.24) is 0 Å². The molecule has 108 valence electrons. The molecule has 0 spiro atoms. The van der Waals surface area contributed by atoms with E-state index >= 15 is 0 Å². The Morgan fingerprint density at radius 1 is 0.762 bits per heavy atom. The summed E-state index contributed by atoms with van der Waals surface area (Å²) in [7, 11) is 0. The molecule has 4 heteroatoms. The Balaban J connectivity index is 1.66. The predicted octanol–water partition coefficient (Wildman–Crippen LogP) is 2.63.